The third kappa shape index (κ3) is 7.43. The van der Waals surface area contributed by atoms with Crippen molar-refractivity contribution in [3.63, 3.8) is 0 Å². The molecule has 0 aliphatic heterocycles. The molecule has 0 aliphatic rings. The van der Waals surface area contributed by atoms with Gasteiger partial charge in [0.25, 0.3) is 0 Å². The second-order valence-electron chi connectivity index (χ2n) is 5.65. The minimum atomic E-state index is -0.145. The fourth-order valence-corrected chi connectivity index (χ4v) is 2.09. The Morgan fingerprint density at radius 3 is 2.30 bits per heavy atom. The molecular weight excluding hydrogens is 292 g/mol. The van der Waals surface area contributed by atoms with Crippen LogP contribution < -0.4 is 5.32 Å². The van der Waals surface area contributed by atoms with Crippen LogP contribution in [0.25, 0.3) is 0 Å². The number of rotatable bonds is 8. The van der Waals surface area contributed by atoms with E-state index in [1.54, 1.807) is 29.2 Å². The fraction of sp³-hybridized carbons (Fsp3) is 0.471. The van der Waals surface area contributed by atoms with Crippen LogP contribution in [-0.4, -0.2) is 55.3 Å². The third-order valence-corrected chi connectivity index (χ3v) is 3.39. The second-order valence-corrected chi connectivity index (χ2v) is 5.65. The van der Waals surface area contributed by atoms with Crippen LogP contribution >= 0.6 is 0 Å². The molecular formula is C17H24N4O2. The lowest BCUT2D eigenvalue weighted by molar-refractivity contribution is -0.129. The molecule has 0 unspecified atom stereocenters. The molecule has 0 atom stereocenters. The van der Waals surface area contributed by atoms with Crippen molar-refractivity contribution >= 4 is 17.5 Å². The zero-order valence-corrected chi connectivity index (χ0v) is 14.0. The van der Waals surface area contributed by atoms with Crippen molar-refractivity contribution in [2.24, 2.45) is 0 Å². The molecule has 1 aromatic rings. The molecule has 6 nitrogen and oxygen atoms in total. The Labute approximate surface area is 137 Å². The SMILES string of the molecule is CC(=O)N(CCCN(C)C)CCC(=O)Nc1ccc(C#N)cc1. The highest BCUT2D eigenvalue weighted by atomic mass is 16.2. The zero-order valence-electron chi connectivity index (χ0n) is 14.0. The number of nitriles is 1. The molecule has 1 N–H and O–H groups in total. The highest BCUT2D eigenvalue weighted by Gasteiger charge is 2.11. The summed E-state index contributed by atoms with van der Waals surface area (Å²) in [5.74, 6) is -0.163. The summed E-state index contributed by atoms with van der Waals surface area (Å²) in [5, 5.41) is 11.5. The quantitative estimate of drug-likeness (QED) is 0.792. The lowest BCUT2D eigenvalue weighted by Crippen LogP contribution is -2.34. The van der Waals surface area contributed by atoms with Gasteiger partial charge >= 0.3 is 0 Å². The Kier molecular flexibility index (Phi) is 7.78. The van der Waals surface area contributed by atoms with Crippen molar-refractivity contribution in [1.82, 2.24) is 9.80 Å². The molecule has 0 fully saturated rings. The van der Waals surface area contributed by atoms with Gasteiger partial charge in [-0.15, -0.1) is 0 Å². The van der Waals surface area contributed by atoms with Crippen LogP contribution in [0.1, 0.15) is 25.3 Å². The van der Waals surface area contributed by atoms with E-state index in [0.29, 0.717) is 24.3 Å². The van der Waals surface area contributed by atoms with E-state index < -0.39 is 0 Å². The molecule has 0 spiro atoms. The standard InChI is InChI=1S/C17H24N4O2/c1-14(22)21(11-4-10-20(2)3)12-9-17(23)19-16-7-5-15(13-18)6-8-16/h5-8H,4,9-12H2,1-3H3,(H,19,23). The number of benzene rings is 1. The Hall–Kier alpha value is -2.39. The Bertz CT molecular complexity index is 561. The highest BCUT2D eigenvalue weighted by Crippen LogP contribution is 2.09. The molecule has 0 bridgehead atoms. The van der Waals surface area contributed by atoms with E-state index in [9.17, 15) is 9.59 Å². The van der Waals surface area contributed by atoms with Gasteiger partial charge in [-0.1, -0.05) is 0 Å². The minimum absolute atomic E-state index is 0.0186. The smallest absolute Gasteiger partial charge is 0.226 e. The molecule has 0 aliphatic carbocycles. The molecule has 124 valence electrons. The molecule has 2 amide bonds. The van der Waals surface area contributed by atoms with Gasteiger partial charge in [0.2, 0.25) is 11.8 Å². The number of carbonyl (C=O) groups excluding carboxylic acids is 2. The minimum Gasteiger partial charge on any atom is -0.342 e. The van der Waals surface area contributed by atoms with E-state index in [1.807, 2.05) is 20.2 Å². The molecule has 23 heavy (non-hydrogen) atoms. The molecule has 0 radical (unpaired) electrons. The number of amides is 2. The van der Waals surface area contributed by atoms with Gasteiger partial charge in [-0.2, -0.15) is 5.26 Å². The van der Waals surface area contributed by atoms with Crippen molar-refractivity contribution in [2.75, 3.05) is 39.0 Å². The van der Waals surface area contributed by atoms with E-state index in [1.165, 1.54) is 6.92 Å². The maximum atomic E-state index is 12.0. The van der Waals surface area contributed by atoms with Gasteiger partial charge in [0.05, 0.1) is 11.6 Å². The van der Waals surface area contributed by atoms with Gasteiger partial charge in [-0.3, -0.25) is 9.59 Å². The van der Waals surface area contributed by atoms with Gasteiger partial charge in [0.15, 0.2) is 0 Å². The molecule has 6 heteroatoms. The second kappa shape index (κ2) is 9.59. The predicted molar refractivity (Wildman–Crippen MR) is 89.8 cm³/mol. The molecule has 0 aromatic heterocycles. The van der Waals surface area contributed by atoms with Crippen LogP contribution in [0.3, 0.4) is 0 Å². The van der Waals surface area contributed by atoms with E-state index in [0.717, 1.165) is 13.0 Å². The number of hydrogen-bond donors (Lipinski definition) is 1. The molecule has 0 heterocycles. The van der Waals surface area contributed by atoms with Crippen molar-refractivity contribution < 1.29 is 9.59 Å². The predicted octanol–water partition coefficient (Wildman–Crippen LogP) is 1.69. The zero-order chi connectivity index (χ0) is 17.2. The number of hydrogen-bond acceptors (Lipinski definition) is 4. The summed E-state index contributed by atoms with van der Waals surface area (Å²) in [4.78, 5) is 27.3. The molecule has 0 saturated carbocycles. The Morgan fingerprint density at radius 2 is 1.78 bits per heavy atom. The first kappa shape index (κ1) is 18.7. The van der Waals surface area contributed by atoms with E-state index >= 15 is 0 Å². The van der Waals surface area contributed by atoms with Gasteiger partial charge < -0.3 is 15.1 Å². The fourth-order valence-electron chi connectivity index (χ4n) is 2.09. The van der Waals surface area contributed by atoms with Crippen LogP contribution in [-0.2, 0) is 9.59 Å². The van der Waals surface area contributed by atoms with Crippen LogP contribution in [0.15, 0.2) is 24.3 Å². The summed E-state index contributed by atoms with van der Waals surface area (Å²) < 4.78 is 0. The third-order valence-electron chi connectivity index (χ3n) is 3.39. The lowest BCUT2D eigenvalue weighted by Gasteiger charge is -2.21. The summed E-state index contributed by atoms with van der Waals surface area (Å²) in [5.41, 5.74) is 1.20. The van der Waals surface area contributed by atoms with E-state index in [4.69, 9.17) is 5.26 Å². The lowest BCUT2D eigenvalue weighted by atomic mass is 10.2. The van der Waals surface area contributed by atoms with Crippen molar-refractivity contribution in [1.29, 1.82) is 5.26 Å². The Balaban J connectivity index is 2.42. The maximum Gasteiger partial charge on any atom is 0.226 e. The Morgan fingerprint density at radius 1 is 1.13 bits per heavy atom. The van der Waals surface area contributed by atoms with Crippen LogP contribution in [0.5, 0.6) is 0 Å². The summed E-state index contributed by atoms with van der Waals surface area (Å²) >= 11 is 0. The maximum absolute atomic E-state index is 12.0. The first-order valence-electron chi connectivity index (χ1n) is 7.62. The van der Waals surface area contributed by atoms with Gasteiger partial charge in [-0.25, -0.2) is 0 Å². The normalized spacial score (nSPS) is 10.2. The van der Waals surface area contributed by atoms with Crippen LogP contribution in [0.2, 0.25) is 0 Å². The summed E-state index contributed by atoms with van der Waals surface area (Å²) in [6, 6.07) is 8.71. The van der Waals surface area contributed by atoms with Gasteiger partial charge in [0, 0.05) is 32.1 Å². The van der Waals surface area contributed by atoms with E-state index in [2.05, 4.69) is 10.2 Å². The van der Waals surface area contributed by atoms with Crippen molar-refractivity contribution in [2.45, 2.75) is 19.8 Å². The topological polar surface area (TPSA) is 76.4 Å². The first-order chi connectivity index (χ1) is 10.9. The average Bonchev–Trinajstić information content (AvgIpc) is 2.50. The van der Waals surface area contributed by atoms with Gasteiger partial charge in [0.1, 0.15) is 0 Å². The molecule has 1 rings (SSSR count). The number of anilines is 1. The van der Waals surface area contributed by atoms with Crippen molar-refractivity contribution in [3.05, 3.63) is 29.8 Å². The number of nitrogens with one attached hydrogen (secondary N) is 1. The number of carbonyl (C=O) groups is 2. The van der Waals surface area contributed by atoms with Gasteiger partial charge in [-0.05, 0) is 51.3 Å². The first-order valence-corrected chi connectivity index (χ1v) is 7.62. The summed E-state index contributed by atoms with van der Waals surface area (Å²) in [6.07, 6.45) is 1.13. The summed E-state index contributed by atoms with van der Waals surface area (Å²) in [7, 11) is 3.98. The van der Waals surface area contributed by atoms with Crippen molar-refractivity contribution in [3.8, 4) is 6.07 Å². The highest BCUT2D eigenvalue weighted by molar-refractivity contribution is 5.91. The number of nitrogens with zero attached hydrogens (tertiary/aromatic N) is 3. The molecule has 1 aromatic carbocycles. The van der Waals surface area contributed by atoms with Crippen LogP contribution in [0, 0.1) is 11.3 Å². The van der Waals surface area contributed by atoms with E-state index in [-0.39, 0.29) is 18.2 Å². The molecule has 0 saturated heterocycles. The summed E-state index contributed by atoms with van der Waals surface area (Å²) in [6.45, 7) is 3.48. The largest absolute Gasteiger partial charge is 0.342 e. The average molecular weight is 316 g/mol. The monoisotopic (exact) mass is 316 g/mol. The van der Waals surface area contributed by atoms with Crippen LogP contribution in [0.4, 0.5) is 5.69 Å².